The van der Waals surface area contributed by atoms with E-state index in [4.69, 9.17) is 10.5 Å². The van der Waals surface area contributed by atoms with Crippen LogP contribution in [0, 0.1) is 0 Å². The Bertz CT molecular complexity index is 569. The van der Waals surface area contributed by atoms with Crippen molar-refractivity contribution in [3.63, 3.8) is 0 Å². The maximum atomic E-state index is 6.37. The minimum atomic E-state index is -0.336. The maximum Gasteiger partial charge on any atom is 0.161 e. The van der Waals surface area contributed by atoms with Crippen LogP contribution in [0.25, 0.3) is 0 Å². The molecule has 2 aromatic rings. The Labute approximate surface area is 116 Å². The molecule has 2 rings (SSSR count). The van der Waals surface area contributed by atoms with Gasteiger partial charge in [0.05, 0.1) is 29.9 Å². The van der Waals surface area contributed by atoms with Gasteiger partial charge in [0.15, 0.2) is 5.75 Å². The van der Waals surface area contributed by atoms with E-state index in [-0.39, 0.29) is 11.5 Å². The number of hydrogen-bond acceptors (Lipinski definition) is 6. The zero-order valence-corrected chi connectivity index (χ0v) is 12.7. The zero-order valence-electron chi connectivity index (χ0n) is 11.8. The third-order valence-corrected chi connectivity index (χ3v) is 3.78. The lowest BCUT2D eigenvalue weighted by molar-refractivity contribution is 0.405. The SMILES string of the molecule is COc1cnn(C)c1C(N)c1snnc1C(C)(C)C. The average molecular weight is 281 g/mol. The van der Waals surface area contributed by atoms with Crippen LogP contribution in [-0.2, 0) is 12.5 Å². The van der Waals surface area contributed by atoms with Gasteiger partial charge >= 0.3 is 0 Å². The number of hydrogen-bond donors (Lipinski definition) is 1. The Kier molecular flexibility index (Phi) is 3.60. The first kappa shape index (κ1) is 14.0. The second-order valence-electron chi connectivity index (χ2n) is 5.44. The molecule has 0 bridgehead atoms. The highest BCUT2D eigenvalue weighted by Crippen LogP contribution is 2.35. The van der Waals surface area contributed by atoms with Crippen LogP contribution in [0.2, 0.25) is 0 Å². The van der Waals surface area contributed by atoms with Gasteiger partial charge in [-0.1, -0.05) is 25.3 Å². The first-order valence-corrected chi connectivity index (χ1v) is 6.77. The second kappa shape index (κ2) is 4.90. The van der Waals surface area contributed by atoms with E-state index in [1.807, 2.05) is 7.05 Å². The van der Waals surface area contributed by atoms with Crippen molar-refractivity contribution in [2.24, 2.45) is 12.8 Å². The molecule has 7 heteroatoms. The van der Waals surface area contributed by atoms with Crippen LogP contribution in [0.15, 0.2) is 6.20 Å². The molecule has 0 aliphatic rings. The summed E-state index contributed by atoms with van der Waals surface area (Å²) in [5, 5.41) is 8.41. The normalized spacial score (nSPS) is 13.6. The largest absolute Gasteiger partial charge is 0.493 e. The summed E-state index contributed by atoms with van der Waals surface area (Å²) >= 11 is 1.33. The molecule has 2 aromatic heterocycles. The standard InChI is InChI=1S/C12H19N5OS/c1-12(2,3)11-10(19-16-15-11)8(13)9-7(18-5)6-14-17(9)4/h6,8H,13H2,1-5H3. The fourth-order valence-corrected chi connectivity index (χ4v) is 2.85. The molecule has 19 heavy (non-hydrogen) atoms. The van der Waals surface area contributed by atoms with E-state index in [9.17, 15) is 0 Å². The van der Waals surface area contributed by atoms with Gasteiger partial charge < -0.3 is 10.5 Å². The van der Waals surface area contributed by atoms with Crippen molar-refractivity contribution in [1.82, 2.24) is 19.4 Å². The molecule has 2 N–H and O–H groups in total. The van der Waals surface area contributed by atoms with E-state index in [1.165, 1.54) is 11.5 Å². The van der Waals surface area contributed by atoms with Crippen LogP contribution in [0.4, 0.5) is 0 Å². The molecule has 0 amide bonds. The summed E-state index contributed by atoms with van der Waals surface area (Å²) in [5.74, 6) is 0.684. The third kappa shape index (κ3) is 2.48. The van der Waals surface area contributed by atoms with Crippen LogP contribution >= 0.6 is 11.5 Å². The van der Waals surface area contributed by atoms with Gasteiger partial charge in [-0.25, -0.2) is 0 Å². The molecule has 1 unspecified atom stereocenters. The Balaban J connectivity index is 2.48. The van der Waals surface area contributed by atoms with Crippen molar-refractivity contribution in [1.29, 1.82) is 0 Å². The monoisotopic (exact) mass is 281 g/mol. The molecule has 0 saturated carbocycles. The van der Waals surface area contributed by atoms with Crippen LogP contribution in [-0.4, -0.2) is 26.5 Å². The molecule has 0 aromatic carbocycles. The molecule has 0 radical (unpaired) electrons. The van der Waals surface area contributed by atoms with Crippen molar-refractivity contribution in [3.05, 3.63) is 22.5 Å². The van der Waals surface area contributed by atoms with E-state index in [0.717, 1.165) is 16.3 Å². The number of rotatable bonds is 3. The molecular formula is C12H19N5OS. The van der Waals surface area contributed by atoms with Crippen molar-refractivity contribution in [2.75, 3.05) is 7.11 Å². The third-order valence-electron chi connectivity index (χ3n) is 2.97. The minimum Gasteiger partial charge on any atom is -0.493 e. The summed E-state index contributed by atoms with van der Waals surface area (Å²) in [6, 6.07) is -0.336. The summed E-state index contributed by atoms with van der Waals surface area (Å²) in [5.41, 5.74) is 8.03. The average Bonchev–Trinajstić information content (AvgIpc) is 2.93. The van der Waals surface area contributed by atoms with Gasteiger partial charge in [-0.05, 0) is 11.5 Å². The number of nitrogens with zero attached hydrogens (tertiary/aromatic N) is 4. The molecular weight excluding hydrogens is 262 g/mol. The van der Waals surface area contributed by atoms with Crippen LogP contribution in [0.3, 0.4) is 0 Å². The predicted octanol–water partition coefficient (Wildman–Crippen LogP) is 1.63. The van der Waals surface area contributed by atoms with E-state index in [0.29, 0.717) is 5.75 Å². The number of methoxy groups -OCH3 is 1. The summed E-state index contributed by atoms with van der Waals surface area (Å²) in [6.07, 6.45) is 1.67. The smallest absolute Gasteiger partial charge is 0.161 e. The van der Waals surface area contributed by atoms with E-state index in [1.54, 1.807) is 18.0 Å². The quantitative estimate of drug-likeness (QED) is 0.925. The minimum absolute atomic E-state index is 0.0915. The first-order valence-electron chi connectivity index (χ1n) is 6.00. The molecule has 0 aliphatic heterocycles. The molecule has 104 valence electrons. The Hall–Kier alpha value is -1.47. The van der Waals surface area contributed by atoms with Crippen molar-refractivity contribution < 1.29 is 4.74 Å². The zero-order chi connectivity index (χ0) is 14.2. The molecule has 2 heterocycles. The molecule has 0 aliphatic carbocycles. The van der Waals surface area contributed by atoms with Gasteiger partial charge in [0.2, 0.25) is 0 Å². The summed E-state index contributed by atoms with van der Waals surface area (Å²) in [7, 11) is 3.46. The number of nitrogens with two attached hydrogens (primary N) is 1. The highest BCUT2D eigenvalue weighted by Gasteiger charge is 2.29. The molecule has 0 fully saturated rings. The first-order chi connectivity index (χ1) is 8.86. The van der Waals surface area contributed by atoms with Crippen LogP contribution in [0.5, 0.6) is 5.75 Å². The lowest BCUT2D eigenvalue weighted by Gasteiger charge is -2.20. The molecule has 0 saturated heterocycles. The fraction of sp³-hybridized carbons (Fsp3) is 0.583. The van der Waals surface area contributed by atoms with Crippen LogP contribution < -0.4 is 10.5 Å². The van der Waals surface area contributed by atoms with Crippen molar-refractivity contribution in [3.8, 4) is 5.75 Å². The lowest BCUT2D eigenvalue weighted by atomic mass is 9.89. The van der Waals surface area contributed by atoms with Gasteiger partial charge in [0, 0.05) is 12.5 Å². The van der Waals surface area contributed by atoms with E-state index >= 15 is 0 Å². The molecule has 0 spiro atoms. The Morgan fingerprint density at radius 1 is 1.42 bits per heavy atom. The highest BCUT2D eigenvalue weighted by atomic mass is 32.1. The number of aromatic nitrogens is 4. The fourth-order valence-electron chi connectivity index (χ4n) is 1.98. The predicted molar refractivity (Wildman–Crippen MR) is 74.4 cm³/mol. The highest BCUT2D eigenvalue weighted by molar-refractivity contribution is 7.05. The summed E-state index contributed by atoms with van der Waals surface area (Å²) < 4.78 is 11.1. The Morgan fingerprint density at radius 2 is 2.11 bits per heavy atom. The van der Waals surface area contributed by atoms with Crippen molar-refractivity contribution >= 4 is 11.5 Å². The van der Waals surface area contributed by atoms with Gasteiger partial charge in [-0.2, -0.15) is 5.10 Å². The Morgan fingerprint density at radius 3 is 2.68 bits per heavy atom. The molecule has 1 atom stereocenters. The number of ether oxygens (including phenoxy) is 1. The van der Waals surface area contributed by atoms with E-state index < -0.39 is 0 Å². The second-order valence-corrected chi connectivity index (χ2v) is 6.22. The lowest BCUT2D eigenvalue weighted by Crippen LogP contribution is -2.21. The topological polar surface area (TPSA) is 78.9 Å². The van der Waals surface area contributed by atoms with Gasteiger partial charge in [-0.15, -0.1) is 5.10 Å². The number of aryl methyl sites for hydroxylation is 1. The van der Waals surface area contributed by atoms with Crippen molar-refractivity contribution in [2.45, 2.75) is 32.2 Å². The maximum absolute atomic E-state index is 6.37. The van der Waals surface area contributed by atoms with Gasteiger partial charge in [-0.3, -0.25) is 4.68 Å². The van der Waals surface area contributed by atoms with Crippen LogP contribution in [0.1, 0.15) is 43.1 Å². The molecule has 6 nitrogen and oxygen atoms in total. The summed E-state index contributed by atoms with van der Waals surface area (Å²) in [4.78, 5) is 0.953. The summed E-state index contributed by atoms with van der Waals surface area (Å²) in [6.45, 7) is 6.29. The van der Waals surface area contributed by atoms with Gasteiger partial charge in [0.1, 0.15) is 5.69 Å². The van der Waals surface area contributed by atoms with Gasteiger partial charge in [0.25, 0.3) is 0 Å². The van der Waals surface area contributed by atoms with E-state index in [2.05, 4.69) is 35.5 Å².